The molecular weight excluding hydrogens is 420 g/mol. The van der Waals surface area contributed by atoms with Gasteiger partial charge in [-0.3, -0.25) is 4.98 Å². The number of hydrogen-bond acceptors (Lipinski definition) is 4. The molecule has 0 spiro atoms. The molecule has 2 unspecified atom stereocenters. The van der Waals surface area contributed by atoms with Crippen LogP contribution in [0.4, 0.5) is 0 Å². The van der Waals surface area contributed by atoms with E-state index in [9.17, 15) is 4.79 Å². The molecule has 6 nitrogen and oxygen atoms in total. The molecule has 2 atom stereocenters. The van der Waals surface area contributed by atoms with Gasteiger partial charge >= 0.3 is 5.97 Å². The van der Waals surface area contributed by atoms with Crippen LogP contribution in [-0.4, -0.2) is 39.2 Å². The van der Waals surface area contributed by atoms with Crippen molar-refractivity contribution in [2.45, 2.75) is 39.3 Å². The molecular formula is C25H28N4O2S. The summed E-state index contributed by atoms with van der Waals surface area (Å²) >= 11 is 5.72. The van der Waals surface area contributed by atoms with Gasteiger partial charge in [-0.15, -0.1) is 0 Å². The Morgan fingerprint density at radius 1 is 1.19 bits per heavy atom. The van der Waals surface area contributed by atoms with E-state index in [1.807, 2.05) is 42.6 Å². The average Bonchev–Trinajstić information content (AvgIpc) is 3.29. The van der Waals surface area contributed by atoms with Gasteiger partial charge < -0.3 is 19.5 Å². The third-order valence-electron chi connectivity index (χ3n) is 5.98. The van der Waals surface area contributed by atoms with Crippen LogP contribution >= 0.6 is 12.2 Å². The molecule has 0 radical (unpaired) electrons. The minimum atomic E-state index is -0.343. The number of thiocarbonyl (C=S) groups is 1. The van der Waals surface area contributed by atoms with Gasteiger partial charge in [-0.1, -0.05) is 19.1 Å². The summed E-state index contributed by atoms with van der Waals surface area (Å²) < 4.78 is 7.09. The monoisotopic (exact) mass is 448 g/mol. The molecule has 4 rings (SSSR count). The molecule has 0 amide bonds. The molecule has 1 N–H and O–H groups in total. The zero-order valence-electron chi connectivity index (χ0n) is 18.8. The van der Waals surface area contributed by atoms with Crippen molar-refractivity contribution in [3.05, 3.63) is 82.9 Å². The minimum Gasteiger partial charge on any atom is -0.465 e. The molecule has 0 aliphatic carbocycles. The number of ether oxygens (including phenoxy) is 1. The average molecular weight is 449 g/mol. The number of carbonyl (C=O) groups excluding carboxylic acids is 1. The second kappa shape index (κ2) is 9.12. The number of esters is 1. The van der Waals surface area contributed by atoms with E-state index >= 15 is 0 Å². The van der Waals surface area contributed by atoms with Crippen molar-refractivity contribution < 1.29 is 9.53 Å². The van der Waals surface area contributed by atoms with Crippen molar-refractivity contribution in [3.63, 3.8) is 0 Å². The molecule has 1 aliphatic rings. The second-order valence-electron chi connectivity index (χ2n) is 8.02. The third kappa shape index (κ3) is 3.88. The van der Waals surface area contributed by atoms with Crippen LogP contribution in [0.3, 0.4) is 0 Å². The normalized spacial score (nSPS) is 18.0. The highest BCUT2D eigenvalue weighted by atomic mass is 32.1. The fraction of sp³-hybridized carbons (Fsp3) is 0.320. The number of carbonyl (C=O) groups is 1. The third-order valence-corrected chi connectivity index (χ3v) is 6.33. The highest BCUT2D eigenvalue weighted by Crippen LogP contribution is 2.41. The molecule has 3 aromatic rings. The molecule has 3 heterocycles. The molecule has 1 fully saturated rings. The number of pyridine rings is 1. The lowest BCUT2D eigenvalue weighted by Gasteiger charge is -2.27. The highest BCUT2D eigenvalue weighted by Gasteiger charge is 2.40. The molecule has 2 aromatic heterocycles. The number of nitrogens with one attached hydrogen (secondary N) is 1. The van der Waals surface area contributed by atoms with Gasteiger partial charge in [0.25, 0.3) is 0 Å². The summed E-state index contributed by atoms with van der Waals surface area (Å²) in [6.45, 7) is 7.23. The maximum absolute atomic E-state index is 12.1. The molecule has 0 saturated carbocycles. The second-order valence-corrected chi connectivity index (χ2v) is 8.41. The van der Waals surface area contributed by atoms with E-state index in [4.69, 9.17) is 17.0 Å². The molecule has 7 heteroatoms. The fourth-order valence-electron chi connectivity index (χ4n) is 4.60. The maximum atomic E-state index is 12.1. The number of rotatable bonds is 6. The smallest absolute Gasteiger partial charge is 0.337 e. The largest absolute Gasteiger partial charge is 0.465 e. The van der Waals surface area contributed by atoms with Crippen molar-refractivity contribution in [2.24, 2.45) is 0 Å². The number of aromatic nitrogens is 2. The van der Waals surface area contributed by atoms with Crippen molar-refractivity contribution >= 4 is 23.3 Å². The van der Waals surface area contributed by atoms with Crippen LogP contribution in [-0.2, 0) is 4.74 Å². The predicted octanol–water partition coefficient (Wildman–Crippen LogP) is 4.66. The fourth-order valence-corrected chi connectivity index (χ4v) is 4.93. The minimum absolute atomic E-state index is 0.0288. The first-order chi connectivity index (χ1) is 15.5. The van der Waals surface area contributed by atoms with E-state index in [1.165, 1.54) is 12.7 Å². The Hall–Kier alpha value is -3.19. The van der Waals surface area contributed by atoms with Gasteiger partial charge in [-0.2, -0.15) is 0 Å². The Bertz CT molecular complexity index is 1140. The van der Waals surface area contributed by atoms with Crippen LogP contribution in [0.15, 0.2) is 54.7 Å². The van der Waals surface area contributed by atoms with E-state index in [-0.39, 0.29) is 18.1 Å². The van der Waals surface area contributed by atoms with Gasteiger partial charge in [0.15, 0.2) is 5.11 Å². The number of hydrogen-bond donors (Lipinski definition) is 1. The molecule has 1 aromatic carbocycles. The number of methoxy groups -OCH3 is 1. The lowest BCUT2D eigenvalue weighted by molar-refractivity contribution is 0.0600. The summed E-state index contributed by atoms with van der Waals surface area (Å²) in [6, 6.07) is 15.7. The summed E-state index contributed by atoms with van der Waals surface area (Å²) in [5.41, 5.74) is 5.83. The quantitative estimate of drug-likeness (QED) is 0.437. The summed E-state index contributed by atoms with van der Waals surface area (Å²) in [6.07, 6.45) is 2.81. The van der Waals surface area contributed by atoms with E-state index in [0.717, 1.165) is 40.8 Å². The first-order valence-corrected chi connectivity index (χ1v) is 11.2. The van der Waals surface area contributed by atoms with Gasteiger partial charge in [0.1, 0.15) is 0 Å². The first kappa shape index (κ1) is 22.0. The Morgan fingerprint density at radius 2 is 2.00 bits per heavy atom. The zero-order valence-corrected chi connectivity index (χ0v) is 19.6. The number of nitrogens with zero attached hydrogens (tertiary/aromatic N) is 3. The van der Waals surface area contributed by atoms with Crippen molar-refractivity contribution in [1.29, 1.82) is 0 Å². The first-order valence-electron chi connectivity index (χ1n) is 10.8. The van der Waals surface area contributed by atoms with E-state index in [0.29, 0.717) is 5.56 Å². The van der Waals surface area contributed by atoms with Crippen molar-refractivity contribution in [2.75, 3.05) is 13.7 Å². The van der Waals surface area contributed by atoms with Gasteiger partial charge in [0, 0.05) is 29.8 Å². The van der Waals surface area contributed by atoms with Gasteiger partial charge in [0.2, 0.25) is 0 Å². The summed E-state index contributed by atoms with van der Waals surface area (Å²) in [5, 5.41) is 4.26. The molecule has 1 aliphatic heterocycles. The van der Waals surface area contributed by atoms with Gasteiger partial charge in [-0.05, 0) is 74.4 Å². The van der Waals surface area contributed by atoms with Crippen LogP contribution in [0.25, 0.3) is 5.69 Å². The Labute approximate surface area is 194 Å². The summed E-state index contributed by atoms with van der Waals surface area (Å²) in [7, 11) is 1.40. The zero-order chi connectivity index (χ0) is 22.8. The van der Waals surface area contributed by atoms with Crippen LogP contribution in [0.1, 0.15) is 58.4 Å². The SMILES string of the molecule is CCCN1C(=S)NC(c2ccccn2)C1c1cc(C)n(-c2cccc(C(=O)OC)c2)c1C. The van der Waals surface area contributed by atoms with Crippen LogP contribution in [0, 0.1) is 13.8 Å². The van der Waals surface area contributed by atoms with E-state index in [2.05, 4.69) is 46.6 Å². The van der Waals surface area contributed by atoms with Crippen molar-refractivity contribution in [3.8, 4) is 5.69 Å². The lowest BCUT2D eigenvalue weighted by Crippen LogP contribution is -2.30. The standard InChI is InChI=1S/C25H28N4O2S/c1-5-13-28-23(22(27-25(28)32)21-11-6-7-12-26-21)20-14-16(2)29(17(20)3)19-10-8-9-18(15-19)24(30)31-4/h6-12,14-15,22-23H,5,13H2,1-4H3,(H,27,32). The van der Waals surface area contributed by atoms with E-state index in [1.54, 1.807) is 6.07 Å². The molecule has 1 saturated heterocycles. The summed E-state index contributed by atoms with van der Waals surface area (Å²) in [5.74, 6) is -0.343. The maximum Gasteiger partial charge on any atom is 0.337 e. The molecule has 0 bridgehead atoms. The van der Waals surface area contributed by atoms with Crippen LogP contribution in [0.5, 0.6) is 0 Å². The Balaban J connectivity index is 1.82. The van der Waals surface area contributed by atoms with Crippen LogP contribution < -0.4 is 5.32 Å². The van der Waals surface area contributed by atoms with Gasteiger partial charge in [0.05, 0.1) is 30.5 Å². The summed E-state index contributed by atoms with van der Waals surface area (Å²) in [4.78, 5) is 18.9. The number of benzene rings is 1. The lowest BCUT2D eigenvalue weighted by atomic mass is 9.96. The molecule has 32 heavy (non-hydrogen) atoms. The highest BCUT2D eigenvalue weighted by molar-refractivity contribution is 7.80. The topological polar surface area (TPSA) is 59.4 Å². The van der Waals surface area contributed by atoms with Crippen LogP contribution in [0.2, 0.25) is 0 Å². The Morgan fingerprint density at radius 3 is 2.69 bits per heavy atom. The predicted molar refractivity (Wildman–Crippen MR) is 129 cm³/mol. The molecule has 166 valence electrons. The van der Waals surface area contributed by atoms with E-state index < -0.39 is 0 Å². The van der Waals surface area contributed by atoms with Gasteiger partial charge in [-0.25, -0.2) is 4.79 Å². The number of aryl methyl sites for hydroxylation is 1. The Kier molecular flexibility index (Phi) is 6.28. The van der Waals surface area contributed by atoms with Crippen molar-refractivity contribution in [1.82, 2.24) is 19.8 Å².